The summed E-state index contributed by atoms with van der Waals surface area (Å²) in [4.78, 5) is 9.80. The Morgan fingerprint density at radius 1 is 1.48 bits per heavy atom. The first-order valence-corrected chi connectivity index (χ1v) is 6.93. The van der Waals surface area contributed by atoms with Gasteiger partial charge in [0.05, 0.1) is 25.7 Å². The van der Waals surface area contributed by atoms with E-state index in [4.69, 9.17) is 5.11 Å². The Morgan fingerprint density at radius 3 is 2.62 bits per heavy atom. The molecule has 2 N–H and O–H groups in total. The first kappa shape index (κ1) is 17.4. The van der Waals surface area contributed by atoms with Crippen LogP contribution in [0.15, 0.2) is 17.3 Å². The van der Waals surface area contributed by atoms with E-state index in [2.05, 4.69) is 5.10 Å². The maximum Gasteiger partial charge on any atom is 0.320 e. The van der Waals surface area contributed by atoms with Crippen LogP contribution in [-0.2, 0) is 21.4 Å². The van der Waals surface area contributed by atoms with Crippen molar-refractivity contribution in [3.8, 4) is 0 Å². The number of alkyl halides is 4. The molecule has 0 saturated heterocycles. The number of hydrogen-bond donors (Lipinski definition) is 2. The first-order valence-electron chi connectivity index (χ1n) is 5.44. The van der Waals surface area contributed by atoms with Crippen LogP contribution < -0.4 is 4.72 Å². The summed E-state index contributed by atoms with van der Waals surface area (Å²) in [6, 6.07) is 0. The van der Waals surface area contributed by atoms with E-state index in [1.54, 1.807) is 0 Å². The molecule has 12 heteroatoms. The van der Waals surface area contributed by atoms with Gasteiger partial charge in [-0.3, -0.25) is 9.48 Å². The number of carboxylic acids is 1. The Morgan fingerprint density at radius 2 is 2.10 bits per heavy atom. The minimum atomic E-state index is -4.49. The van der Waals surface area contributed by atoms with E-state index in [9.17, 15) is 30.8 Å². The Kier molecular flexibility index (Phi) is 5.28. The van der Waals surface area contributed by atoms with Gasteiger partial charge in [-0.2, -0.15) is 13.9 Å². The van der Waals surface area contributed by atoms with E-state index in [-0.39, 0.29) is 13.0 Å². The third-order valence-electron chi connectivity index (χ3n) is 2.29. The van der Waals surface area contributed by atoms with Crippen LogP contribution in [0.25, 0.3) is 0 Å². The normalized spacial score (nSPS) is 12.8. The lowest BCUT2D eigenvalue weighted by molar-refractivity contribution is -0.137. The molecule has 1 aromatic rings. The quantitative estimate of drug-likeness (QED) is 0.676. The van der Waals surface area contributed by atoms with Crippen LogP contribution in [0.3, 0.4) is 0 Å². The van der Waals surface area contributed by atoms with Gasteiger partial charge in [0, 0.05) is 6.20 Å². The fraction of sp³-hybridized carbons (Fsp3) is 0.556. The molecule has 1 aromatic heterocycles. The summed E-state index contributed by atoms with van der Waals surface area (Å²) in [5, 5.41) is 12.0. The summed E-state index contributed by atoms with van der Waals surface area (Å²) >= 11 is 0. The summed E-state index contributed by atoms with van der Waals surface area (Å²) in [5.74, 6) is -5.63. The smallest absolute Gasteiger partial charge is 0.320 e. The van der Waals surface area contributed by atoms with Gasteiger partial charge in [-0.15, -0.1) is 0 Å². The molecule has 1 rings (SSSR count). The number of halogens is 4. The van der Waals surface area contributed by atoms with Crippen molar-refractivity contribution in [2.45, 2.75) is 30.2 Å². The van der Waals surface area contributed by atoms with Crippen LogP contribution in [0, 0.1) is 0 Å². The second kappa shape index (κ2) is 6.39. The van der Waals surface area contributed by atoms with Crippen molar-refractivity contribution in [2.75, 3.05) is 6.54 Å². The SMILES string of the molecule is O=C(O)CCn1cc(S(=O)(=O)NCC(F)(F)C(F)F)cn1. The van der Waals surface area contributed by atoms with Crippen molar-refractivity contribution >= 4 is 16.0 Å². The highest BCUT2D eigenvalue weighted by Crippen LogP contribution is 2.22. The number of sulfonamides is 1. The van der Waals surface area contributed by atoms with Gasteiger partial charge in [-0.05, 0) is 0 Å². The minimum Gasteiger partial charge on any atom is -0.481 e. The van der Waals surface area contributed by atoms with Crippen LogP contribution in [-0.4, -0.2) is 48.2 Å². The standard InChI is InChI=1S/C9H11F4N3O4S/c10-8(11)9(12,13)5-15-21(19,20)6-3-14-16(4-6)2-1-7(17)18/h3-4,8,15H,1-2,5H2,(H,17,18). The molecule has 0 fully saturated rings. The molecule has 21 heavy (non-hydrogen) atoms. The van der Waals surface area contributed by atoms with Gasteiger partial charge in [-0.1, -0.05) is 0 Å². The number of nitrogens with zero attached hydrogens (tertiary/aromatic N) is 2. The molecule has 0 aliphatic rings. The number of nitrogens with one attached hydrogen (secondary N) is 1. The number of aromatic nitrogens is 2. The molecule has 1 heterocycles. The van der Waals surface area contributed by atoms with E-state index < -0.39 is 39.8 Å². The van der Waals surface area contributed by atoms with Crippen molar-refractivity contribution in [3.05, 3.63) is 12.4 Å². The zero-order chi connectivity index (χ0) is 16.3. The zero-order valence-electron chi connectivity index (χ0n) is 10.3. The summed E-state index contributed by atoms with van der Waals surface area (Å²) in [6.07, 6.45) is -2.62. The lowest BCUT2D eigenvalue weighted by Gasteiger charge is -2.15. The fourth-order valence-electron chi connectivity index (χ4n) is 1.17. The summed E-state index contributed by atoms with van der Waals surface area (Å²) in [6.45, 7) is -1.88. The van der Waals surface area contributed by atoms with Crippen molar-refractivity contribution in [3.63, 3.8) is 0 Å². The highest BCUT2D eigenvalue weighted by molar-refractivity contribution is 7.89. The van der Waals surface area contributed by atoms with Crippen LogP contribution >= 0.6 is 0 Å². The number of hydrogen-bond acceptors (Lipinski definition) is 4. The molecule has 0 amide bonds. The fourth-order valence-corrected chi connectivity index (χ4v) is 2.16. The molecule has 120 valence electrons. The molecular formula is C9H11F4N3O4S. The maximum absolute atomic E-state index is 12.6. The van der Waals surface area contributed by atoms with Crippen molar-refractivity contribution in [1.82, 2.24) is 14.5 Å². The van der Waals surface area contributed by atoms with E-state index in [1.807, 2.05) is 0 Å². The molecule has 0 saturated carbocycles. The number of carboxylic acid groups (broad SMARTS) is 1. The number of aliphatic carboxylic acids is 1. The second-order valence-corrected chi connectivity index (χ2v) is 5.74. The van der Waals surface area contributed by atoms with Gasteiger partial charge in [0.2, 0.25) is 10.0 Å². The molecule has 0 aliphatic carbocycles. The van der Waals surface area contributed by atoms with Gasteiger partial charge in [0.25, 0.3) is 0 Å². The predicted octanol–water partition coefficient (Wildman–Crippen LogP) is 0.536. The van der Waals surface area contributed by atoms with E-state index in [0.29, 0.717) is 0 Å². The highest BCUT2D eigenvalue weighted by atomic mass is 32.2. The predicted molar refractivity (Wildman–Crippen MR) is 60.6 cm³/mol. The Bertz CT molecular complexity index is 602. The monoisotopic (exact) mass is 333 g/mol. The van der Waals surface area contributed by atoms with Crippen LogP contribution in [0.2, 0.25) is 0 Å². The second-order valence-electron chi connectivity index (χ2n) is 3.97. The molecular weight excluding hydrogens is 322 g/mol. The van der Waals surface area contributed by atoms with Crippen LogP contribution in [0.1, 0.15) is 6.42 Å². The Labute approximate surface area is 116 Å². The first-order chi connectivity index (χ1) is 9.54. The highest BCUT2D eigenvalue weighted by Gasteiger charge is 2.41. The largest absolute Gasteiger partial charge is 0.481 e. The molecule has 0 radical (unpaired) electrons. The molecule has 0 bridgehead atoms. The number of aryl methyl sites for hydroxylation is 1. The van der Waals surface area contributed by atoms with Gasteiger partial charge < -0.3 is 5.11 Å². The van der Waals surface area contributed by atoms with Gasteiger partial charge in [0.15, 0.2) is 0 Å². The van der Waals surface area contributed by atoms with Crippen LogP contribution in [0.4, 0.5) is 17.6 Å². The van der Waals surface area contributed by atoms with Gasteiger partial charge in [0.1, 0.15) is 4.90 Å². The molecule has 0 atom stereocenters. The average Bonchev–Trinajstić information content (AvgIpc) is 2.83. The van der Waals surface area contributed by atoms with Crippen molar-refractivity contribution < 1.29 is 35.9 Å². The van der Waals surface area contributed by atoms with Crippen molar-refractivity contribution in [1.29, 1.82) is 0 Å². The lowest BCUT2D eigenvalue weighted by atomic mass is 10.4. The third-order valence-corrected chi connectivity index (χ3v) is 3.65. The summed E-state index contributed by atoms with van der Waals surface area (Å²) < 4.78 is 74.6. The average molecular weight is 333 g/mol. The zero-order valence-corrected chi connectivity index (χ0v) is 11.2. The Balaban J connectivity index is 2.73. The van der Waals surface area contributed by atoms with Gasteiger partial charge >= 0.3 is 18.3 Å². The molecule has 0 aromatic carbocycles. The van der Waals surface area contributed by atoms with Crippen molar-refractivity contribution in [2.24, 2.45) is 0 Å². The minimum absolute atomic E-state index is 0.127. The van der Waals surface area contributed by atoms with Crippen LogP contribution in [0.5, 0.6) is 0 Å². The van der Waals surface area contributed by atoms with Gasteiger partial charge in [-0.25, -0.2) is 21.9 Å². The van der Waals surface area contributed by atoms with E-state index in [0.717, 1.165) is 17.1 Å². The molecule has 0 aliphatic heterocycles. The summed E-state index contributed by atoms with van der Waals surface area (Å²) in [7, 11) is -4.44. The topological polar surface area (TPSA) is 101 Å². The molecule has 7 nitrogen and oxygen atoms in total. The molecule has 0 unspecified atom stereocenters. The maximum atomic E-state index is 12.6. The van der Waals surface area contributed by atoms with E-state index in [1.165, 1.54) is 4.72 Å². The Hall–Kier alpha value is -1.69. The summed E-state index contributed by atoms with van der Waals surface area (Å²) in [5.41, 5.74) is 0. The number of carbonyl (C=O) groups is 1. The number of rotatable bonds is 8. The molecule has 0 spiro atoms. The third kappa shape index (κ3) is 4.97. The van der Waals surface area contributed by atoms with E-state index >= 15 is 0 Å². The lowest BCUT2D eigenvalue weighted by Crippen LogP contribution is -2.41.